The number of hydrogen-bond acceptors (Lipinski definition) is 2. The van der Waals surface area contributed by atoms with Crippen molar-refractivity contribution in [3.8, 4) is 0 Å². The summed E-state index contributed by atoms with van der Waals surface area (Å²) in [5.74, 6) is 0.170. The van der Waals surface area contributed by atoms with E-state index < -0.39 is 0 Å². The van der Waals surface area contributed by atoms with E-state index in [1.54, 1.807) is 0 Å². The summed E-state index contributed by atoms with van der Waals surface area (Å²) < 4.78 is 5.67. The smallest absolute Gasteiger partial charge is 0.287 e. The molecule has 0 aliphatic carbocycles. The van der Waals surface area contributed by atoms with Gasteiger partial charge in [-0.1, -0.05) is 30.3 Å². The highest BCUT2D eigenvalue weighted by Crippen LogP contribution is 2.28. The van der Waals surface area contributed by atoms with Crippen molar-refractivity contribution in [2.45, 2.75) is 26.3 Å². The van der Waals surface area contributed by atoms with E-state index >= 15 is 0 Å². The summed E-state index contributed by atoms with van der Waals surface area (Å²) in [7, 11) is 0. The van der Waals surface area contributed by atoms with Crippen molar-refractivity contribution in [2.75, 3.05) is 0 Å². The number of carbonyl (C=O) groups is 1. The van der Waals surface area contributed by atoms with Crippen LogP contribution in [0.3, 0.4) is 0 Å². The van der Waals surface area contributed by atoms with Crippen LogP contribution in [0.15, 0.2) is 46.9 Å². The van der Waals surface area contributed by atoms with Gasteiger partial charge in [0, 0.05) is 10.9 Å². The molecule has 0 aliphatic rings. The average Bonchev–Trinajstić information content (AvgIpc) is 2.81. The normalized spacial score (nSPS) is 11.9. The molecule has 0 fully saturated rings. The third-order valence-electron chi connectivity index (χ3n) is 3.14. The maximum Gasteiger partial charge on any atom is 0.287 e. The highest BCUT2D eigenvalue weighted by Gasteiger charge is 2.19. The second kappa shape index (κ2) is 4.37. The maximum absolute atomic E-state index is 12.2. The largest absolute Gasteiger partial charge is 0.451 e. The number of hydrogen-bond donors (Lipinski definition) is 1. The molecule has 3 rings (SSSR count). The quantitative estimate of drug-likeness (QED) is 0.720. The Morgan fingerprint density at radius 3 is 2.55 bits per heavy atom. The molecule has 1 amide bonds. The van der Waals surface area contributed by atoms with Crippen LogP contribution in [0.25, 0.3) is 21.7 Å². The highest BCUT2D eigenvalue weighted by molar-refractivity contribution is 6.08. The molecule has 3 heteroatoms. The molecule has 0 aliphatic heterocycles. The Hall–Kier alpha value is -2.29. The predicted octanol–water partition coefficient (Wildman–Crippen LogP) is 4.11. The van der Waals surface area contributed by atoms with Crippen LogP contribution in [0, 0.1) is 0 Å². The lowest BCUT2D eigenvalue weighted by Gasteiger charge is -2.19. The fourth-order valence-electron chi connectivity index (χ4n) is 2.31. The first kappa shape index (κ1) is 12.7. The Labute approximate surface area is 117 Å². The number of nitrogens with one attached hydrogen (secondary N) is 1. The van der Waals surface area contributed by atoms with Gasteiger partial charge in [0.15, 0.2) is 5.76 Å². The summed E-state index contributed by atoms with van der Waals surface area (Å²) in [5, 5.41) is 6.13. The monoisotopic (exact) mass is 267 g/mol. The molecule has 2 aromatic carbocycles. The van der Waals surface area contributed by atoms with Crippen molar-refractivity contribution in [3.63, 3.8) is 0 Å². The van der Waals surface area contributed by atoms with Gasteiger partial charge in [-0.3, -0.25) is 4.79 Å². The average molecular weight is 267 g/mol. The van der Waals surface area contributed by atoms with Crippen molar-refractivity contribution in [2.24, 2.45) is 0 Å². The molecule has 0 unspecified atom stereocenters. The lowest BCUT2D eigenvalue weighted by Crippen LogP contribution is -2.40. The van der Waals surface area contributed by atoms with Crippen LogP contribution in [0.4, 0.5) is 0 Å². The molecule has 1 aromatic heterocycles. The zero-order chi connectivity index (χ0) is 14.3. The number of carbonyl (C=O) groups excluding carboxylic acids is 1. The van der Waals surface area contributed by atoms with Gasteiger partial charge in [-0.15, -0.1) is 0 Å². The van der Waals surface area contributed by atoms with Gasteiger partial charge in [-0.05, 0) is 43.7 Å². The Balaban J connectivity index is 2.11. The second-order valence-corrected chi connectivity index (χ2v) is 6.01. The van der Waals surface area contributed by atoms with E-state index in [4.69, 9.17) is 4.42 Å². The Bertz CT molecular complexity index is 793. The van der Waals surface area contributed by atoms with Crippen LogP contribution >= 0.6 is 0 Å². The minimum atomic E-state index is -0.280. The Kier molecular flexibility index (Phi) is 2.78. The summed E-state index contributed by atoms with van der Waals surface area (Å²) in [6, 6.07) is 13.8. The molecule has 102 valence electrons. The van der Waals surface area contributed by atoms with Crippen molar-refractivity contribution in [1.29, 1.82) is 0 Å². The zero-order valence-electron chi connectivity index (χ0n) is 11.9. The predicted molar refractivity (Wildman–Crippen MR) is 80.9 cm³/mol. The van der Waals surface area contributed by atoms with E-state index in [0.29, 0.717) is 5.76 Å². The highest BCUT2D eigenvalue weighted by atomic mass is 16.3. The van der Waals surface area contributed by atoms with Gasteiger partial charge < -0.3 is 9.73 Å². The lowest BCUT2D eigenvalue weighted by atomic mass is 10.1. The minimum Gasteiger partial charge on any atom is -0.451 e. The van der Waals surface area contributed by atoms with Gasteiger partial charge in [-0.2, -0.15) is 0 Å². The van der Waals surface area contributed by atoms with Crippen molar-refractivity contribution in [1.82, 2.24) is 5.32 Å². The maximum atomic E-state index is 12.2. The van der Waals surface area contributed by atoms with E-state index in [2.05, 4.69) is 11.4 Å². The molecule has 3 aromatic rings. The molecule has 0 radical (unpaired) electrons. The van der Waals surface area contributed by atoms with Crippen LogP contribution in [-0.4, -0.2) is 11.4 Å². The van der Waals surface area contributed by atoms with Crippen molar-refractivity contribution < 1.29 is 9.21 Å². The summed E-state index contributed by atoms with van der Waals surface area (Å²) in [4.78, 5) is 12.2. The Morgan fingerprint density at radius 1 is 1.05 bits per heavy atom. The molecule has 1 N–H and O–H groups in total. The van der Waals surface area contributed by atoms with E-state index in [1.807, 2.05) is 57.2 Å². The third kappa shape index (κ3) is 2.27. The van der Waals surface area contributed by atoms with Gasteiger partial charge in [0.1, 0.15) is 5.58 Å². The number of rotatable bonds is 1. The van der Waals surface area contributed by atoms with Crippen LogP contribution in [0.2, 0.25) is 0 Å². The fraction of sp³-hybridized carbons (Fsp3) is 0.235. The summed E-state index contributed by atoms with van der Waals surface area (Å²) in [6.07, 6.45) is 0. The van der Waals surface area contributed by atoms with Gasteiger partial charge in [-0.25, -0.2) is 0 Å². The first-order valence-electron chi connectivity index (χ1n) is 6.68. The second-order valence-electron chi connectivity index (χ2n) is 6.01. The molecule has 0 bridgehead atoms. The first-order chi connectivity index (χ1) is 9.44. The standard InChI is InChI=1S/C17H17NO2/c1-17(2,3)18-16(19)15-10-13-12-7-5-4-6-11(12)8-9-14(13)20-15/h4-10H,1-3H3,(H,18,19). The molecule has 0 saturated heterocycles. The number of furan rings is 1. The minimum absolute atomic E-state index is 0.183. The van der Waals surface area contributed by atoms with Crippen LogP contribution in [0.1, 0.15) is 31.3 Å². The number of amides is 1. The molecule has 1 heterocycles. The molecule has 0 spiro atoms. The lowest BCUT2D eigenvalue weighted by molar-refractivity contribution is 0.0893. The van der Waals surface area contributed by atoms with Crippen LogP contribution in [0.5, 0.6) is 0 Å². The van der Waals surface area contributed by atoms with E-state index in [1.165, 1.54) is 0 Å². The topological polar surface area (TPSA) is 42.2 Å². The summed E-state index contributed by atoms with van der Waals surface area (Å²) in [5.41, 5.74) is 0.459. The fourth-order valence-corrected chi connectivity index (χ4v) is 2.31. The first-order valence-corrected chi connectivity index (χ1v) is 6.68. The molecule has 0 atom stereocenters. The molecule has 20 heavy (non-hydrogen) atoms. The van der Waals surface area contributed by atoms with E-state index in [9.17, 15) is 4.79 Å². The van der Waals surface area contributed by atoms with Gasteiger partial charge in [0.2, 0.25) is 0 Å². The van der Waals surface area contributed by atoms with E-state index in [-0.39, 0.29) is 11.4 Å². The third-order valence-corrected chi connectivity index (χ3v) is 3.14. The summed E-state index contributed by atoms with van der Waals surface area (Å²) in [6.45, 7) is 5.84. The van der Waals surface area contributed by atoms with Crippen LogP contribution in [-0.2, 0) is 0 Å². The van der Waals surface area contributed by atoms with Crippen LogP contribution < -0.4 is 5.32 Å². The summed E-state index contributed by atoms with van der Waals surface area (Å²) >= 11 is 0. The Morgan fingerprint density at radius 2 is 1.80 bits per heavy atom. The molecule has 0 saturated carbocycles. The molecular formula is C17H17NO2. The number of benzene rings is 2. The van der Waals surface area contributed by atoms with Crippen molar-refractivity contribution >= 4 is 27.6 Å². The van der Waals surface area contributed by atoms with Gasteiger partial charge in [0.25, 0.3) is 5.91 Å². The zero-order valence-corrected chi connectivity index (χ0v) is 11.9. The number of fused-ring (bicyclic) bond motifs is 3. The van der Waals surface area contributed by atoms with Gasteiger partial charge >= 0.3 is 0 Å². The molecule has 3 nitrogen and oxygen atoms in total. The van der Waals surface area contributed by atoms with Crippen molar-refractivity contribution in [3.05, 3.63) is 48.2 Å². The SMILES string of the molecule is CC(C)(C)NC(=O)c1cc2c(ccc3ccccc32)o1. The molecular weight excluding hydrogens is 250 g/mol. The van der Waals surface area contributed by atoms with Gasteiger partial charge in [0.05, 0.1) is 0 Å². The van der Waals surface area contributed by atoms with E-state index in [0.717, 1.165) is 21.7 Å².